The van der Waals surface area contributed by atoms with Crippen molar-refractivity contribution in [3.05, 3.63) is 87.3 Å². The number of carbonyl (C=O) groups is 2. The first-order chi connectivity index (χ1) is 19.6. The topological polar surface area (TPSA) is 96.0 Å². The maximum Gasteiger partial charge on any atom is 0.264 e. The molecule has 1 atom stereocenters. The van der Waals surface area contributed by atoms with E-state index < -0.39 is 28.5 Å². The van der Waals surface area contributed by atoms with Crippen LogP contribution in [0.15, 0.2) is 86.6 Å². The number of sulfonamides is 1. The van der Waals surface area contributed by atoms with Crippen LogP contribution in [0.1, 0.15) is 39.2 Å². The number of benzene rings is 3. The van der Waals surface area contributed by atoms with E-state index in [-0.39, 0.29) is 17.3 Å². The van der Waals surface area contributed by atoms with Gasteiger partial charge in [0.2, 0.25) is 11.8 Å². The second-order valence-electron chi connectivity index (χ2n) is 9.36. The Morgan fingerprint density at radius 2 is 1.63 bits per heavy atom. The summed E-state index contributed by atoms with van der Waals surface area (Å²) in [6.07, 6.45) is 1.73. The Labute approximate surface area is 259 Å². The highest BCUT2D eigenvalue weighted by molar-refractivity contribution is 9.10. The number of carbonyl (C=O) groups excluding carboxylic acids is 2. The van der Waals surface area contributed by atoms with E-state index in [9.17, 15) is 18.0 Å². The molecule has 3 aromatic carbocycles. The maximum atomic E-state index is 14.0. The highest BCUT2D eigenvalue weighted by Crippen LogP contribution is 2.27. The number of hydrogen-bond acceptors (Lipinski definition) is 5. The summed E-state index contributed by atoms with van der Waals surface area (Å²) in [6, 6.07) is 19.4. The lowest BCUT2D eigenvalue weighted by molar-refractivity contribution is -0.139. The Hall–Kier alpha value is -2.89. The van der Waals surface area contributed by atoms with Gasteiger partial charge in [-0.1, -0.05) is 57.3 Å². The van der Waals surface area contributed by atoms with Crippen LogP contribution < -0.4 is 14.4 Å². The zero-order chi connectivity index (χ0) is 30.0. The number of amides is 2. The molecule has 0 aliphatic heterocycles. The second-order valence-corrected chi connectivity index (χ2v) is 13.1. The molecule has 220 valence electrons. The number of rotatable bonds is 14. The molecule has 0 fully saturated rings. The van der Waals surface area contributed by atoms with E-state index >= 15 is 0 Å². The predicted molar refractivity (Wildman–Crippen MR) is 168 cm³/mol. The Morgan fingerprint density at radius 1 is 0.951 bits per heavy atom. The van der Waals surface area contributed by atoms with E-state index in [1.165, 1.54) is 17.0 Å². The predicted octanol–water partition coefficient (Wildman–Crippen LogP) is 6.14. The van der Waals surface area contributed by atoms with Gasteiger partial charge < -0.3 is 15.0 Å². The fraction of sp³-hybridized carbons (Fsp3) is 0.333. The van der Waals surface area contributed by atoms with Crippen molar-refractivity contribution >= 4 is 59.4 Å². The van der Waals surface area contributed by atoms with Crippen LogP contribution in [0, 0.1) is 0 Å². The van der Waals surface area contributed by atoms with Crippen molar-refractivity contribution in [3.63, 3.8) is 0 Å². The van der Waals surface area contributed by atoms with Crippen LogP contribution in [0.4, 0.5) is 5.69 Å². The van der Waals surface area contributed by atoms with Gasteiger partial charge in [0.05, 0.1) is 17.2 Å². The molecule has 0 bridgehead atoms. The van der Waals surface area contributed by atoms with Crippen LogP contribution in [-0.4, -0.2) is 50.9 Å². The van der Waals surface area contributed by atoms with E-state index in [0.29, 0.717) is 24.6 Å². The van der Waals surface area contributed by atoms with Gasteiger partial charge in [0, 0.05) is 22.0 Å². The molecule has 11 heteroatoms. The van der Waals surface area contributed by atoms with Gasteiger partial charge in [-0.3, -0.25) is 13.9 Å². The van der Waals surface area contributed by atoms with Crippen molar-refractivity contribution in [1.29, 1.82) is 0 Å². The van der Waals surface area contributed by atoms with Gasteiger partial charge in [0.25, 0.3) is 10.0 Å². The number of unbranched alkanes of at least 4 members (excludes halogenated alkanes) is 1. The molecular formula is C30H35Br2N3O5S. The molecular weight excluding hydrogens is 674 g/mol. The molecule has 0 radical (unpaired) electrons. The Kier molecular flexibility index (Phi) is 12.2. The number of nitrogens with zero attached hydrogens (tertiary/aromatic N) is 2. The largest absolute Gasteiger partial charge is 0.494 e. The van der Waals surface area contributed by atoms with Crippen LogP contribution in [0.2, 0.25) is 0 Å². The van der Waals surface area contributed by atoms with Crippen molar-refractivity contribution < 1.29 is 22.7 Å². The number of nitrogens with one attached hydrogen (secondary N) is 1. The van der Waals surface area contributed by atoms with Gasteiger partial charge in [-0.2, -0.15) is 0 Å². The third-order valence-electron chi connectivity index (χ3n) is 6.36. The number of halogens is 2. The summed E-state index contributed by atoms with van der Waals surface area (Å²) in [5.41, 5.74) is 1.09. The highest BCUT2D eigenvalue weighted by atomic mass is 79.9. The Bertz CT molecular complexity index is 1420. The fourth-order valence-corrected chi connectivity index (χ4v) is 6.21. The standard InChI is InChI=1S/C30H35Br2N3O5S/c1-4-6-18-33-30(37)22(3)34(20-23-8-7-9-25(32)19-23)29(36)21-35(26-12-14-27(15-13-26)40-5-2)41(38,39)28-16-10-24(31)11-17-28/h7-17,19,22H,4-6,18,20-21H2,1-3H3,(H,33,37)/t22-/m1/s1. The normalized spacial score (nSPS) is 11.9. The molecule has 0 aromatic heterocycles. The third kappa shape index (κ3) is 9.05. The van der Waals surface area contributed by atoms with Crippen molar-refractivity contribution in [2.24, 2.45) is 0 Å². The van der Waals surface area contributed by atoms with E-state index in [1.807, 2.05) is 38.1 Å². The van der Waals surface area contributed by atoms with Gasteiger partial charge in [0.1, 0.15) is 18.3 Å². The summed E-state index contributed by atoms with van der Waals surface area (Å²) in [5.74, 6) is -0.236. The molecule has 3 aromatic rings. The maximum absolute atomic E-state index is 14.0. The molecule has 1 N–H and O–H groups in total. The summed E-state index contributed by atoms with van der Waals surface area (Å²) in [7, 11) is -4.15. The van der Waals surface area contributed by atoms with Crippen molar-refractivity contribution in [3.8, 4) is 5.75 Å². The minimum atomic E-state index is -4.15. The van der Waals surface area contributed by atoms with Crippen LogP contribution in [0.3, 0.4) is 0 Å². The molecule has 2 amide bonds. The molecule has 0 aliphatic rings. The lowest BCUT2D eigenvalue weighted by Crippen LogP contribution is -2.51. The summed E-state index contributed by atoms with van der Waals surface area (Å²) >= 11 is 6.80. The number of anilines is 1. The average molecular weight is 710 g/mol. The van der Waals surface area contributed by atoms with E-state index in [4.69, 9.17) is 4.74 Å². The minimum absolute atomic E-state index is 0.0336. The quantitative estimate of drug-likeness (QED) is 0.203. The smallest absolute Gasteiger partial charge is 0.264 e. The first-order valence-electron chi connectivity index (χ1n) is 13.4. The van der Waals surface area contributed by atoms with Crippen molar-refractivity contribution in [2.75, 3.05) is 24.0 Å². The van der Waals surface area contributed by atoms with Gasteiger partial charge in [0.15, 0.2) is 0 Å². The highest BCUT2D eigenvalue weighted by Gasteiger charge is 2.32. The van der Waals surface area contributed by atoms with Crippen molar-refractivity contribution in [1.82, 2.24) is 10.2 Å². The lowest BCUT2D eigenvalue weighted by Gasteiger charge is -2.32. The SMILES string of the molecule is CCCCNC(=O)[C@@H](C)N(Cc1cccc(Br)c1)C(=O)CN(c1ccc(OCC)cc1)S(=O)(=O)c1ccc(Br)cc1. The van der Waals surface area contributed by atoms with Crippen LogP contribution in [0.5, 0.6) is 5.75 Å². The monoisotopic (exact) mass is 707 g/mol. The fourth-order valence-electron chi connectivity index (χ4n) is 4.09. The minimum Gasteiger partial charge on any atom is -0.494 e. The van der Waals surface area contributed by atoms with Gasteiger partial charge in [-0.25, -0.2) is 8.42 Å². The van der Waals surface area contributed by atoms with Gasteiger partial charge >= 0.3 is 0 Å². The Morgan fingerprint density at radius 3 is 2.24 bits per heavy atom. The number of hydrogen-bond donors (Lipinski definition) is 1. The summed E-state index contributed by atoms with van der Waals surface area (Å²) < 4.78 is 36.0. The number of ether oxygens (including phenoxy) is 1. The molecule has 3 rings (SSSR count). The molecule has 8 nitrogen and oxygen atoms in total. The first-order valence-corrected chi connectivity index (χ1v) is 16.4. The molecule has 0 saturated heterocycles. The molecule has 0 unspecified atom stereocenters. The molecule has 0 aliphatic carbocycles. The first kappa shape index (κ1) is 32.6. The van der Waals surface area contributed by atoms with E-state index in [1.54, 1.807) is 43.3 Å². The summed E-state index contributed by atoms with van der Waals surface area (Å²) in [4.78, 5) is 28.5. The van der Waals surface area contributed by atoms with Gasteiger partial charge in [-0.15, -0.1) is 0 Å². The summed E-state index contributed by atoms with van der Waals surface area (Å²) in [5, 5.41) is 2.89. The van der Waals surface area contributed by atoms with Crippen LogP contribution in [-0.2, 0) is 26.2 Å². The van der Waals surface area contributed by atoms with E-state index in [0.717, 1.165) is 31.7 Å². The molecule has 0 saturated carbocycles. The molecule has 0 spiro atoms. The molecule has 0 heterocycles. The van der Waals surface area contributed by atoms with Crippen molar-refractivity contribution in [2.45, 2.75) is 51.1 Å². The zero-order valence-electron chi connectivity index (χ0n) is 23.3. The van der Waals surface area contributed by atoms with E-state index in [2.05, 4.69) is 37.2 Å². The lowest BCUT2D eigenvalue weighted by atomic mass is 10.1. The summed E-state index contributed by atoms with van der Waals surface area (Å²) in [6.45, 7) is 6.11. The van der Waals surface area contributed by atoms with Gasteiger partial charge in [-0.05, 0) is 86.5 Å². The van der Waals surface area contributed by atoms with Crippen LogP contribution in [0.25, 0.3) is 0 Å². The second kappa shape index (κ2) is 15.4. The zero-order valence-corrected chi connectivity index (χ0v) is 27.3. The molecule has 41 heavy (non-hydrogen) atoms. The average Bonchev–Trinajstić information content (AvgIpc) is 2.95. The third-order valence-corrected chi connectivity index (χ3v) is 9.17. The Balaban J connectivity index is 2.00. The van der Waals surface area contributed by atoms with Crippen LogP contribution >= 0.6 is 31.9 Å².